The molecule has 5 heteroatoms. The van der Waals surface area contributed by atoms with Gasteiger partial charge in [0.25, 0.3) is 5.91 Å². The number of amides is 2. The van der Waals surface area contributed by atoms with Crippen LogP contribution >= 0.6 is 0 Å². The zero-order valence-corrected chi connectivity index (χ0v) is 14.7. The van der Waals surface area contributed by atoms with E-state index in [1.807, 2.05) is 13.0 Å². The number of carbonyl (C=O) groups is 2. The molecule has 25 heavy (non-hydrogen) atoms. The molecule has 0 saturated heterocycles. The molecule has 5 nitrogen and oxygen atoms in total. The zero-order valence-electron chi connectivity index (χ0n) is 14.7. The summed E-state index contributed by atoms with van der Waals surface area (Å²) in [6, 6.07) is 14.1. The predicted molar refractivity (Wildman–Crippen MR) is 100 cm³/mol. The summed E-state index contributed by atoms with van der Waals surface area (Å²) in [5.41, 5.74) is 2.72. The molecule has 1 N–H and O–H groups in total. The molecule has 0 radical (unpaired) electrons. The van der Waals surface area contributed by atoms with Gasteiger partial charge in [-0.15, -0.1) is 0 Å². The van der Waals surface area contributed by atoms with Gasteiger partial charge in [0.1, 0.15) is 12.4 Å². The number of benzene rings is 2. The van der Waals surface area contributed by atoms with Gasteiger partial charge in [0.05, 0.1) is 0 Å². The van der Waals surface area contributed by atoms with Crippen molar-refractivity contribution >= 4 is 23.2 Å². The minimum Gasteiger partial charge on any atom is -0.489 e. The largest absolute Gasteiger partial charge is 0.489 e. The minimum absolute atomic E-state index is 0.0779. The van der Waals surface area contributed by atoms with Crippen molar-refractivity contribution in [1.82, 2.24) is 0 Å². The van der Waals surface area contributed by atoms with Gasteiger partial charge in [0.15, 0.2) is 0 Å². The average Bonchev–Trinajstić information content (AvgIpc) is 2.59. The third-order valence-corrected chi connectivity index (χ3v) is 3.55. The van der Waals surface area contributed by atoms with Gasteiger partial charge in [-0.1, -0.05) is 18.7 Å². The Morgan fingerprint density at radius 2 is 1.84 bits per heavy atom. The smallest absolute Gasteiger partial charge is 0.255 e. The quantitative estimate of drug-likeness (QED) is 0.813. The average molecular weight is 338 g/mol. The molecule has 0 aliphatic carbocycles. The molecule has 0 unspecified atom stereocenters. The summed E-state index contributed by atoms with van der Waals surface area (Å²) in [5, 5.41) is 2.83. The van der Waals surface area contributed by atoms with Crippen LogP contribution in [0.2, 0.25) is 0 Å². The Labute approximate surface area is 147 Å². The lowest BCUT2D eigenvalue weighted by atomic mass is 10.2. The maximum absolute atomic E-state index is 12.5. The van der Waals surface area contributed by atoms with Gasteiger partial charge in [-0.2, -0.15) is 0 Å². The highest BCUT2D eigenvalue weighted by molar-refractivity contribution is 6.05. The molecule has 0 aliphatic rings. The first kappa shape index (κ1) is 18.3. The van der Waals surface area contributed by atoms with Crippen LogP contribution in [0.15, 0.2) is 60.7 Å². The Morgan fingerprint density at radius 3 is 2.52 bits per heavy atom. The van der Waals surface area contributed by atoms with Crippen molar-refractivity contribution in [3.63, 3.8) is 0 Å². The second kappa shape index (κ2) is 8.15. The Hall–Kier alpha value is -3.08. The number of anilines is 2. The van der Waals surface area contributed by atoms with Crippen molar-refractivity contribution in [3.8, 4) is 5.75 Å². The van der Waals surface area contributed by atoms with E-state index in [0.29, 0.717) is 29.3 Å². The third kappa shape index (κ3) is 5.21. The van der Waals surface area contributed by atoms with Gasteiger partial charge in [0, 0.05) is 30.9 Å². The third-order valence-electron chi connectivity index (χ3n) is 3.55. The zero-order chi connectivity index (χ0) is 18.4. The van der Waals surface area contributed by atoms with E-state index >= 15 is 0 Å². The molecule has 0 bridgehead atoms. The second-order valence-electron chi connectivity index (χ2n) is 5.86. The van der Waals surface area contributed by atoms with E-state index in [9.17, 15) is 9.59 Å². The lowest BCUT2D eigenvalue weighted by Gasteiger charge is -2.16. The van der Waals surface area contributed by atoms with Crippen molar-refractivity contribution < 1.29 is 14.3 Å². The first-order valence-electron chi connectivity index (χ1n) is 7.90. The molecule has 0 heterocycles. The number of carbonyl (C=O) groups excluding carboxylic acids is 2. The fourth-order valence-electron chi connectivity index (χ4n) is 2.11. The van der Waals surface area contributed by atoms with Crippen LogP contribution in [-0.4, -0.2) is 25.5 Å². The highest BCUT2D eigenvalue weighted by Crippen LogP contribution is 2.20. The molecule has 2 aromatic carbocycles. The predicted octanol–water partition coefficient (Wildman–Crippen LogP) is 3.88. The van der Waals surface area contributed by atoms with Gasteiger partial charge in [-0.05, 0) is 48.9 Å². The van der Waals surface area contributed by atoms with E-state index in [1.165, 1.54) is 11.8 Å². The summed E-state index contributed by atoms with van der Waals surface area (Å²) >= 11 is 0. The lowest BCUT2D eigenvalue weighted by molar-refractivity contribution is -0.116. The van der Waals surface area contributed by atoms with E-state index in [4.69, 9.17) is 4.74 Å². The summed E-state index contributed by atoms with van der Waals surface area (Å²) in [4.78, 5) is 25.4. The van der Waals surface area contributed by atoms with Crippen LogP contribution in [0.25, 0.3) is 0 Å². The van der Waals surface area contributed by atoms with Gasteiger partial charge < -0.3 is 15.0 Å². The first-order valence-corrected chi connectivity index (χ1v) is 7.90. The van der Waals surface area contributed by atoms with Crippen molar-refractivity contribution in [2.75, 3.05) is 23.9 Å². The Bertz CT molecular complexity index is 799. The summed E-state index contributed by atoms with van der Waals surface area (Å²) in [6.07, 6.45) is 0. The van der Waals surface area contributed by atoms with E-state index in [1.54, 1.807) is 49.5 Å². The fraction of sp³-hybridized carbons (Fsp3) is 0.200. The van der Waals surface area contributed by atoms with E-state index in [2.05, 4.69) is 11.9 Å². The molecule has 0 atom stereocenters. The highest BCUT2D eigenvalue weighted by atomic mass is 16.5. The molecular weight excluding hydrogens is 316 g/mol. The van der Waals surface area contributed by atoms with Crippen molar-refractivity contribution in [2.24, 2.45) is 0 Å². The number of nitrogens with one attached hydrogen (secondary N) is 1. The molecule has 2 rings (SSSR count). The maximum atomic E-state index is 12.5. The SMILES string of the molecule is C=C(C)COc1cccc(C(=O)Nc2cccc(N(C)C(C)=O)c2)c1. The molecule has 2 amide bonds. The fourth-order valence-corrected chi connectivity index (χ4v) is 2.11. The maximum Gasteiger partial charge on any atom is 0.255 e. The van der Waals surface area contributed by atoms with Crippen molar-refractivity contribution in [1.29, 1.82) is 0 Å². The van der Waals surface area contributed by atoms with Gasteiger partial charge in [0.2, 0.25) is 5.91 Å². The minimum atomic E-state index is -0.247. The van der Waals surface area contributed by atoms with E-state index in [-0.39, 0.29) is 11.8 Å². The Morgan fingerprint density at radius 1 is 1.12 bits per heavy atom. The number of nitrogens with zero attached hydrogens (tertiary/aromatic N) is 1. The number of ether oxygens (including phenoxy) is 1. The molecule has 0 aliphatic heterocycles. The topological polar surface area (TPSA) is 58.6 Å². The van der Waals surface area contributed by atoms with Crippen molar-refractivity contribution in [3.05, 3.63) is 66.2 Å². The molecule has 0 saturated carbocycles. The molecular formula is C20H22N2O3. The normalized spacial score (nSPS) is 10.0. The van der Waals surface area contributed by atoms with Crippen LogP contribution in [0.1, 0.15) is 24.2 Å². The molecule has 0 fully saturated rings. The van der Waals surface area contributed by atoms with Crippen LogP contribution in [0, 0.1) is 0 Å². The monoisotopic (exact) mass is 338 g/mol. The number of hydrogen-bond donors (Lipinski definition) is 1. The molecule has 130 valence electrons. The summed E-state index contributed by atoms with van der Waals surface area (Å²) < 4.78 is 5.56. The van der Waals surface area contributed by atoms with Crippen LogP contribution in [-0.2, 0) is 4.79 Å². The molecule has 0 spiro atoms. The van der Waals surface area contributed by atoms with Crippen molar-refractivity contribution in [2.45, 2.75) is 13.8 Å². The Kier molecular flexibility index (Phi) is 5.95. The van der Waals surface area contributed by atoms with Crippen LogP contribution in [0.4, 0.5) is 11.4 Å². The summed E-state index contributed by atoms with van der Waals surface area (Å²) in [7, 11) is 1.69. The van der Waals surface area contributed by atoms with Gasteiger partial charge >= 0.3 is 0 Å². The molecule has 0 aromatic heterocycles. The van der Waals surface area contributed by atoms with Crippen LogP contribution < -0.4 is 15.0 Å². The Balaban J connectivity index is 2.12. The van der Waals surface area contributed by atoms with Gasteiger partial charge in [-0.3, -0.25) is 9.59 Å². The number of rotatable bonds is 6. The molecule has 2 aromatic rings. The first-order chi connectivity index (χ1) is 11.9. The van der Waals surface area contributed by atoms with Crippen LogP contribution in [0.5, 0.6) is 5.75 Å². The standard InChI is InChI=1S/C20H22N2O3/c1-14(2)13-25-19-10-5-7-16(11-19)20(24)21-17-8-6-9-18(12-17)22(4)15(3)23/h5-12H,1,13H2,2-4H3,(H,21,24). The van der Waals surface area contributed by atoms with E-state index < -0.39 is 0 Å². The summed E-state index contributed by atoms with van der Waals surface area (Å²) in [6.45, 7) is 7.56. The second-order valence-corrected chi connectivity index (χ2v) is 5.86. The van der Waals surface area contributed by atoms with Gasteiger partial charge in [-0.25, -0.2) is 0 Å². The lowest BCUT2D eigenvalue weighted by Crippen LogP contribution is -2.23. The summed E-state index contributed by atoms with van der Waals surface area (Å²) in [5.74, 6) is 0.287. The van der Waals surface area contributed by atoms with Crippen LogP contribution in [0.3, 0.4) is 0 Å². The number of hydrogen-bond acceptors (Lipinski definition) is 3. The van der Waals surface area contributed by atoms with E-state index in [0.717, 1.165) is 5.57 Å². The highest BCUT2D eigenvalue weighted by Gasteiger charge is 2.10.